The molecule has 2 fully saturated rings. The first kappa shape index (κ1) is 17.5. The maximum atomic E-state index is 13.9. The van der Waals surface area contributed by atoms with Crippen molar-refractivity contribution in [3.05, 3.63) is 59.9 Å². The highest BCUT2D eigenvalue weighted by atomic mass is 19.1. The third kappa shape index (κ3) is 3.94. The zero-order chi connectivity index (χ0) is 18.8. The summed E-state index contributed by atoms with van der Waals surface area (Å²) in [6.45, 7) is 2.30. The van der Waals surface area contributed by atoms with E-state index < -0.39 is 0 Å². The lowest BCUT2D eigenvalue weighted by molar-refractivity contribution is -0.117. The molecule has 2 aliphatic rings. The van der Waals surface area contributed by atoms with Gasteiger partial charge in [0, 0.05) is 43.3 Å². The Morgan fingerprint density at radius 2 is 1.59 bits per heavy atom. The molecule has 2 amide bonds. The average Bonchev–Trinajstić information content (AvgIpc) is 3.54. The molecule has 1 saturated heterocycles. The van der Waals surface area contributed by atoms with E-state index in [0.717, 1.165) is 12.8 Å². The smallest absolute Gasteiger partial charge is 0.253 e. The van der Waals surface area contributed by atoms with E-state index in [-0.39, 0.29) is 23.5 Å². The molecule has 6 heteroatoms. The molecule has 4 rings (SSSR count). The van der Waals surface area contributed by atoms with Crippen LogP contribution in [0.2, 0.25) is 0 Å². The van der Waals surface area contributed by atoms with E-state index in [1.807, 2.05) is 11.0 Å². The van der Waals surface area contributed by atoms with E-state index in [0.29, 0.717) is 43.1 Å². The normalized spacial score (nSPS) is 16.9. The molecule has 5 nitrogen and oxygen atoms in total. The number of halogens is 1. The molecule has 0 atom stereocenters. The quantitative estimate of drug-likeness (QED) is 0.903. The van der Waals surface area contributed by atoms with Crippen molar-refractivity contribution in [1.29, 1.82) is 0 Å². The Bertz CT molecular complexity index is 841. The van der Waals surface area contributed by atoms with Crippen LogP contribution in [-0.4, -0.2) is 42.9 Å². The van der Waals surface area contributed by atoms with Gasteiger partial charge < -0.3 is 15.1 Å². The van der Waals surface area contributed by atoms with Crippen LogP contribution in [0, 0.1) is 11.7 Å². The fraction of sp³-hybridized carbons (Fsp3) is 0.333. The number of benzene rings is 2. The molecule has 2 aromatic rings. The third-order valence-electron chi connectivity index (χ3n) is 5.11. The first-order valence-electron chi connectivity index (χ1n) is 9.31. The van der Waals surface area contributed by atoms with Gasteiger partial charge in [0.05, 0.1) is 5.69 Å². The van der Waals surface area contributed by atoms with Crippen molar-refractivity contribution in [1.82, 2.24) is 4.90 Å². The Labute approximate surface area is 157 Å². The molecule has 27 heavy (non-hydrogen) atoms. The minimum Gasteiger partial charge on any atom is -0.366 e. The van der Waals surface area contributed by atoms with E-state index in [1.165, 1.54) is 6.07 Å². The zero-order valence-electron chi connectivity index (χ0n) is 15.0. The zero-order valence-corrected chi connectivity index (χ0v) is 15.0. The highest BCUT2D eigenvalue weighted by Gasteiger charge is 2.29. The number of hydrogen-bond acceptors (Lipinski definition) is 3. The number of amides is 2. The molecule has 1 heterocycles. The second-order valence-electron chi connectivity index (χ2n) is 7.07. The highest BCUT2D eigenvalue weighted by molar-refractivity contribution is 5.97. The van der Waals surface area contributed by atoms with Crippen molar-refractivity contribution < 1.29 is 14.0 Å². The Balaban J connectivity index is 1.35. The fourth-order valence-corrected chi connectivity index (χ4v) is 3.33. The van der Waals surface area contributed by atoms with Crippen molar-refractivity contribution >= 4 is 23.2 Å². The monoisotopic (exact) mass is 367 g/mol. The van der Waals surface area contributed by atoms with Gasteiger partial charge in [0.2, 0.25) is 5.91 Å². The van der Waals surface area contributed by atoms with E-state index in [1.54, 1.807) is 41.3 Å². The standard InChI is InChI=1S/C21H22FN3O2/c22-18-3-1-2-4-19(18)24-11-13-25(14-12-24)21(27)16-7-9-17(10-8-16)23-20(26)15-5-6-15/h1-4,7-10,15H,5-6,11-14H2,(H,23,26). The van der Waals surface area contributed by atoms with Crippen LogP contribution >= 0.6 is 0 Å². The van der Waals surface area contributed by atoms with E-state index in [9.17, 15) is 14.0 Å². The van der Waals surface area contributed by atoms with E-state index in [2.05, 4.69) is 5.32 Å². The number of carbonyl (C=O) groups excluding carboxylic acids is 2. The lowest BCUT2D eigenvalue weighted by Crippen LogP contribution is -2.49. The number of rotatable bonds is 4. The predicted octanol–water partition coefficient (Wildman–Crippen LogP) is 3.14. The molecule has 2 aromatic carbocycles. The molecule has 0 bridgehead atoms. The number of para-hydroxylation sites is 1. The Hall–Kier alpha value is -2.89. The predicted molar refractivity (Wildman–Crippen MR) is 102 cm³/mol. The van der Waals surface area contributed by atoms with Crippen molar-refractivity contribution in [2.45, 2.75) is 12.8 Å². The molecule has 140 valence electrons. The number of carbonyl (C=O) groups is 2. The lowest BCUT2D eigenvalue weighted by atomic mass is 10.1. The minimum absolute atomic E-state index is 0.0387. The van der Waals surface area contributed by atoms with Crippen LogP contribution in [0.4, 0.5) is 15.8 Å². The van der Waals surface area contributed by atoms with Gasteiger partial charge in [-0.15, -0.1) is 0 Å². The largest absolute Gasteiger partial charge is 0.366 e. The van der Waals surface area contributed by atoms with Crippen molar-refractivity contribution in [2.75, 3.05) is 36.4 Å². The maximum Gasteiger partial charge on any atom is 0.253 e. The number of piperazine rings is 1. The van der Waals surface area contributed by atoms with Crippen molar-refractivity contribution in [3.8, 4) is 0 Å². The molecular weight excluding hydrogens is 345 g/mol. The first-order chi connectivity index (χ1) is 13.1. The average molecular weight is 367 g/mol. The van der Waals surface area contributed by atoms with Gasteiger partial charge in [0.25, 0.3) is 5.91 Å². The fourth-order valence-electron chi connectivity index (χ4n) is 3.33. The summed E-state index contributed by atoms with van der Waals surface area (Å²) in [7, 11) is 0. The molecule has 1 aliphatic heterocycles. The van der Waals surface area contributed by atoms with Crippen LogP contribution < -0.4 is 10.2 Å². The summed E-state index contributed by atoms with van der Waals surface area (Å²) in [6, 6.07) is 13.7. The summed E-state index contributed by atoms with van der Waals surface area (Å²) in [4.78, 5) is 28.3. The summed E-state index contributed by atoms with van der Waals surface area (Å²) in [5.74, 6) is -0.0697. The summed E-state index contributed by atoms with van der Waals surface area (Å²) in [5, 5.41) is 2.87. The van der Waals surface area contributed by atoms with Gasteiger partial charge in [0.15, 0.2) is 0 Å². The molecule has 0 unspecified atom stereocenters. The molecule has 0 radical (unpaired) electrons. The van der Waals surface area contributed by atoms with Crippen LogP contribution in [0.15, 0.2) is 48.5 Å². The van der Waals surface area contributed by atoms with E-state index >= 15 is 0 Å². The number of anilines is 2. The summed E-state index contributed by atoms with van der Waals surface area (Å²) >= 11 is 0. The van der Waals surface area contributed by atoms with Crippen LogP contribution in [0.3, 0.4) is 0 Å². The number of hydrogen-bond donors (Lipinski definition) is 1. The second kappa shape index (κ2) is 7.39. The van der Waals surface area contributed by atoms with Crippen LogP contribution in [0.25, 0.3) is 0 Å². The van der Waals surface area contributed by atoms with Crippen molar-refractivity contribution in [3.63, 3.8) is 0 Å². The van der Waals surface area contributed by atoms with Gasteiger partial charge in [0.1, 0.15) is 5.82 Å². The maximum absolute atomic E-state index is 13.9. The Morgan fingerprint density at radius 3 is 2.22 bits per heavy atom. The lowest BCUT2D eigenvalue weighted by Gasteiger charge is -2.36. The molecule has 1 saturated carbocycles. The summed E-state index contributed by atoms with van der Waals surface area (Å²) < 4.78 is 13.9. The topological polar surface area (TPSA) is 52.7 Å². The molecule has 1 N–H and O–H groups in total. The number of nitrogens with one attached hydrogen (secondary N) is 1. The Kier molecular flexibility index (Phi) is 4.79. The molecular formula is C21H22FN3O2. The van der Waals surface area contributed by atoms with Gasteiger partial charge in [-0.3, -0.25) is 9.59 Å². The third-order valence-corrected chi connectivity index (χ3v) is 5.11. The summed E-state index contributed by atoms with van der Waals surface area (Å²) in [5.41, 5.74) is 1.90. The highest BCUT2D eigenvalue weighted by Crippen LogP contribution is 2.30. The van der Waals surface area contributed by atoms with Gasteiger partial charge in [-0.05, 0) is 49.2 Å². The van der Waals surface area contributed by atoms with Crippen LogP contribution in [0.1, 0.15) is 23.2 Å². The van der Waals surface area contributed by atoms with Gasteiger partial charge in [-0.25, -0.2) is 4.39 Å². The summed E-state index contributed by atoms with van der Waals surface area (Å²) in [6.07, 6.45) is 1.92. The second-order valence-corrected chi connectivity index (χ2v) is 7.07. The Morgan fingerprint density at radius 1 is 0.926 bits per heavy atom. The molecule has 1 aliphatic carbocycles. The number of nitrogens with zero attached hydrogens (tertiary/aromatic N) is 2. The van der Waals surface area contributed by atoms with Crippen LogP contribution in [-0.2, 0) is 4.79 Å². The molecule has 0 spiro atoms. The SMILES string of the molecule is O=C(Nc1ccc(C(=O)N2CCN(c3ccccc3F)CC2)cc1)C1CC1. The van der Waals surface area contributed by atoms with Gasteiger partial charge in [-0.2, -0.15) is 0 Å². The van der Waals surface area contributed by atoms with Crippen molar-refractivity contribution in [2.24, 2.45) is 5.92 Å². The molecule has 0 aromatic heterocycles. The van der Waals surface area contributed by atoms with Gasteiger partial charge >= 0.3 is 0 Å². The van der Waals surface area contributed by atoms with Crippen LogP contribution in [0.5, 0.6) is 0 Å². The minimum atomic E-state index is -0.235. The van der Waals surface area contributed by atoms with Gasteiger partial charge in [-0.1, -0.05) is 12.1 Å². The first-order valence-corrected chi connectivity index (χ1v) is 9.31. The van der Waals surface area contributed by atoms with E-state index in [4.69, 9.17) is 0 Å².